The van der Waals surface area contributed by atoms with Gasteiger partial charge in [0.15, 0.2) is 0 Å². The molecular formula is C12H26N4O. The topological polar surface area (TPSA) is 47.6 Å². The van der Waals surface area contributed by atoms with Gasteiger partial charge in [0.05, 0.1) is 0 Å². The molecule has 1 heterocycles. The van der Waals surface area contributed by atoms with Crippen LogP contribution in [0.3, 0.4) is 0 Å². The quantitative estimate of drug-likeness (QED) is 0.583. The van der Waals surface area contributed by atoms with Gasteiger partial charge in [-0.05, 0) is 14.0 Å². The van der Waals surface area contributed by atoms with E-state index in [1.807, 2.05) is 6.92 Å². The zero-order valence-electron chi connectivity index (χ0n) is 11.2. The Labute approximate surface area is 105 Å². The number of nitrogens with one attached hydrogen (secondary N) is 2. The second-order valence-corrected chi connectivity index (χ2v) is 4.60. The van der Waals surface area contributed by atoms with Crippen LogP contribution in [0.1, 0.15) is 13.3 Å². The molecule has 1 rings (SSSR count). The highest BCUT2D eigenvalue weighted by Crippen LogP contribution is 1.97. The highest BCUT2D eigenvalue weighted by atomic mass is 16.1. The zero-order valence-corrected chi connectivity index (χ0v) is 11.2. The van der Waals surface area contributed by atoms with Crippen molar-refractivity contribution in [2.45, 2.75) is 13.3 Å². The van der Waals surface area contributed by atoms with Gasteiger partial charge in [-0.25, -0.2) is 0 Å². The van der Waals surface area contributed by atoms with E-state index >= 15 is 0 Å². The van der Waals surface area contributed by atoms with E-state index in [4.69, 9.17) is 0 Å². The minimum atomic E-state index is 0.139. The molecule has 0 saturated carbocycles. The molecule has 2 N–H and O–H groups in total. The van der Waals surface area contributed by atoms with Crippen molar-refractivity contribution in [3.63, 3.8) is 0 Å². The molecule has 1 amide bonds. The van der Waals surface area contributed by atoms with Crippen molar-refractivity contribution in [3.05, 3.63) is 0 Å². The van der Waals surface area contributed by atoms with E-state index < -0.39 is 0 Å². The molecule has 5 nitrogen and oxygen atoms in total. The van der Waals surface area contributed by atoms with E-state index in [1.54, 1.807) is 0 Å². The lowest BCUT2D eigenvalue weighted by Gasteiger charge is -2.32. The third-order valence-electron chi connectivity index (χ3n) is 3.10. The Bertz CT molecular complexity index is 215. The van der Waals surface area contributed by atoms with Crippen LogP contribution in [0.25, 0.3) is 0 Å². The van der Waals surface area contributed by atoms with Gasteiger partial charge in [0.1, 0.15) is 0 Å². The van der Waals surface area contributed by atoms with E-state index in [2.05, 4.69) is 27.5 Å². The predicted molar refractivity (Wildman–Crippen MR) is 70.1 cm³/mol. The van der Waals surface area contributed by atoms with E-state index in [9.17, 15) is 4.79 Å². The average molecular weight is 242 g/mol. The molecule has 100 valence electrons. The molecular weight excluding hydrogens is 216 g/mol. The Balaban J connectivity index is 1.92. The monoisotopic (exact) mass is 242 g/mol. The van der Waals surface area contributed by atoms with Gasteiger partial charge in [0, 0.05) is 58.8 Å². The number of hydrogen-bond donors (Lipinski definition) is 2. The molecule has 0 unspecified atom stereocenters. The van der Waals surface area contributed by atoms with Crippen LogP contribution in [0.2, 0.25) is 0 Å². The largest absolute Gasteiger partial charge is 0.356 e. The van der Waals surface area contributed by atoms with Gasteiger partial charge in [0.2, 0.25) is 5.91 Å². The summed E-state index contributed by atoms with van der Waals surface area (Å²) in [4.78, 5) is 16.0. The number of amides is 1. The minimum absolute atomic E-state index is 0.139. The van der Waals surface area contributed by atoms with E-state index in [-0.39, 0.29) is 5.91 Å². The van der Waals surface area contributed by atoms with Crippen LogP contribution in [-0.2, 0) is 4.79 Å². The molecule has 1 aliphatic heterocycles. The van der Waals surface area contributed by atoms with Gasteiger partial charge in [-0.15, -0.1) is 0 Å². The molecule has 0 spiro atoms. The predicted octanol–water partition coefficient (Wildman–Crippen LogP) is -0.650. The summed E-state index contributed by atoms with van der Waals surface area (Å²) in [5.41, 5.74) is 0. The second-order valence-electron chi connectivity index (χ2n) is 4.60. The molecule has 1 aliphatic rings. The standard InChI is InChI=1S/C12H26N4O/c1-3-14-12(17)4-5-13-6-7-16-10-8-15(2)9-11-16/h13H,3-11H2,1-2H3,(H,14,17). The van der Waals surface area contributed by atoms with Gasteiger partial charge in [-0.3, -0.25) is 9.69 Å². The van der Waals surface area contributed by atoms with Gasteiger partial charge in [0.25, 0.3) is 0 Å². The van der Waals surface area contributed by atoms with E-state index in [0.717, 1.165) is 39.3 Å². The average Bonchev–Trinajstić information content (AvgIpc) is 2.31. The summed E-state index contributed by atoms with van der Waals surface area (Å²) in [5.74, 6) is 0.139. The molecule has 1 saturated heterocycles. The van der Waals surface area contributed by atoms with Crippen LogP contribution >= 0.6 is 0 Å². The third kappa shape index (κ3) is 6.61. The number of hydrogen-bond acceptors (Lipinski definition) is 4. The fourth-order valence-corrected chi connectivity index (χ4v) is 1.92. The number of likely N-dealkylation sites (N-methyl/N-ethyl adjacent to an activating group) is 1. The summed E-state index contributed by atoms with van der Waals surface area (Å²) in [6, 6.07) is 0. The molecule has 1 fully saturated rings. The number of rotatable bonds is 7. The highest BCUT2D eigenvalue weighted by Gasteiger charge is 2.12. The molecule has 0 aromatic carbocycles. The summed E-state index contributed by atoms with van der Waals surface area (Å²) in [6.07, 6.45) is 0.580. The maximum atomic E-state index is 11.2. The van der Waals surface area contributed by atoms with Gasteiger partial charge < -0.3 is 15.5 Å². The smallest absolute Gasteiger partial charge is 0.221 e. The van der Waals surface area contributed by atoms with Crippen molar-refractivity contribution in [2.75, 3.05) is 59.4 Å². The highest BCUT2D eigenvalue weighted by molar-refractivity contribution is 5.75. The normalized spacial score (nSPS) is 18.2. The van der Waals surface area contributed by atoms with Crippen molar-refractivity contribution in [1.29, 1.82) is 0 Å². The Morgan fingerprint density at radius 2 is 1.88 bits per heavy atom. The minimum Gasteiger partial charge on any atom is -0.356 e. The van der Waals surface area contributed by atoms with Crippen molar-refractivity contribution < 1.29 is 4.79 Å². The third-order valence-corrected chi connectivity index (χ3v) is 3.10. The molecule has 5 heteroatoms. The molecule has 0 aromatic heterocycles. The van der Waals surface area contributed by atoms with Crippen molar-refractivity contribution in [2.24, 2.45) is 0 Å². The SMILES string of the molecule is CCNC(=O)CCNCCN1CCN(C)CC1. The summed E-state index contributed by atoms with van der Waals surface area (Å²) < 4.78 is 0. The van der Waals surface area contributed by atoms with Crippen LogP contribution in [0.15, 0.2) is 0 Å². The maximum absolute atomic E-state index is 11.2. The maximum Gasteiger partial charge on any atom is 0.221 e. The molecule has 0 aromatic rings. The van der Waals surface area contributed by atoms with Crippen LogP contribution in [0.4, 0.5) is 0 Å². The Morgan fingerprint density at radius 1 is 1.18 bits per heavy atom. The number of piperazine rings is 1. The van der Waals surface area contributed by atoms with Gasteiger partial charge in [-0.2, -0.15) is 0 Å². The molecule has 0 radical (unpaired) electrons. The van der Waals surface area contributed by atoms with Crippen molar-refractivity contribution in [1.82, 2.24) is 20.4 Å². The summed E-state index contributed by atoms with van der Waals surface area (Å²) in [5, 5.41) is 6.11. The molecule has 0 bridgehead atoms. The lowest BCUT2D eigenvalue weighted by atomic mass is 10.3. The first-order valence-corrected chi connectivity index (χ1v) is 6.60. The Morgan fingerprint density at radius 3 is 2.53 bits per heavy atom. The van der Waals surface area contributed by atoms with Crippen molar-refractivity contribution >= 4 is 5.91 Å². The first-order chi connectivity index (χ1) is 8.22. The van der Waals surface area contributed by atoms with Crippen LogP contribution in [0.5, 0.6) is 0 Å². The Hall–Kier alpha value is -0.650. The van der Waals surface area contributed by atoms with Crippen LogP contribution in [0, 0.1) is 0 Å². The molecule has 17 heavy (non-hydrogen) atoms. The summed E-state index contributed by atoms with van der Waals surface area (Å²) in [6.45, 7) is 10.2. The van der Waals surface area contributed by atoms with E-state index in [0.29, 0.717) is 6.42 Å². The lowest BCUT2D eigenvalue weighted by molar-refractivity contribution is -0.120. The van der Waals surface area contributed by atoms with Gasteiger partial charge in [-0.1, -0.05) is 0 Å². The molecule has 0 atom stereocenters. The second kappa shape index (κ2) is 8.44. The van der Waals surface area contributed by atoms with Crippen LogP contribution < -0.4 is 10.6 Å². The summed E-state index contributed by atoms with van der Waals surface area (Å²) >= 11 is 0. The fraction of sp³-hybridized carbons (Fsp3) is 0.917. The van der Waals surface area contributed by atoms with Crippen LogP contribution in [-0.4, -0.2) is 75.1 Å². The van der Waals surface area contributed by atoms with Crippen molar-refractivity contribution in [3.8, 4) is 0 Å². The number of nitrogens with zero attached hydrogens (tertiary/aromatic N) is 2. The number of carbonyl (C=O) groups excluding carboxylic acids is 1. The number of carbonyl (C=O) groups is 1. The first kappa shape index (κ1) is 14.4. The molecule has 0 aliphatic carbocycles. The zero-order chi connectivity index (χ0) is 12.5. The summed E-state index contributed by atoms with van der Waals surface area (Å²) in [7, 11) is 2.17. The van der Waals surface area contributed by atoms with E-state index in [1.165, 1.54) is 13.1 Å². The first-order valence-electron chi connectivity index (χ1n) is 6.60. The van der Waals surface area contributed by atoms with Gasteiger partial charge >= 0.3 is 0 Å². The lowest BCUT2D eigenvalue weighted by Crippen LogP contribution is -2.46. The fourth-order valence-electron chi connectivity index (χ4n) is 1.92. The Kier molecular flexibility index (Phi) is 7.16.